The number of nitrogens with one attached hydrogen (secondary N) is 1. The van der Waals surface area contributed by atoms with E-state index in [1.165, 1.54) is 6.20 Å². The van der Waals surface area contributed by atoms with Crippen LogP contribution in [-0.2, 0) is 0 Å². The van der Waals surface area contributed by atoms with Crippen molar-refractivity contribution in [1.82, 2.24) is 15.1 Å². The third-order valence-corrected chi connectivity index (χ3v) is 2.56. The van der Waals surface area contributed by atoms with Crippen LogP contribution in [0.15, 0.2) is 16.9 Å². The molecule has 2 aromatic heterocycles. The maximum absolute atomic E-state index is 5.47. The molecule has 0 aliphatic carbocycles. The second kappa shape index (κ2) is 4.40. The molecule has 1 atom stereocenters. The number of anilines is 2. The molecule has 0 aromatic carbocycles. The quantitative estimate of drug-likeness (QED) is 0.840. The molecule has 6 nitrogen and oxygen atoms in total. The highest BCUT2D eigenvalue weighted by Gasteiger charge is 2.16. The molecule has 90 valence electrons. The number of aromatic nitrogens is 3. The van der Waals surface area contributed by atoms with Gasteiger partial charge in [0.05, 0.1) is 24.1 Å². The van der Waals surface area contributed by atoms with Gasteiger partial charge in [0.25, 0.3) is 0 Å². The van der Waals surface area contributed by atoms with E-state index in [4.69, 9.17) is 10.3 Å². The molecule has 0 saturated heterocycles. The molecule has 0 saturated carbocycles. The Balaban J connectivity index is 2.17. The van der Waals surface area contributed by atoms with E-state index < -0.39 is 0 Å². The summed E-state index contributed by atoms with van der Waals surface area (Å²) in [6.45, 7) is 5.82. The van der Waals surface area contributed by atoms with Gasteiger partial charge in [-0.05, 0) is 20.8 Å². The summed E-state index contributed by atoms with van der Waals surface area (Å²) in [4.78, 5) is 8.11. The van der Waals surface area contributed by atoms with E-state index in [0.717, 1.165) is 17.0 Å². The fraction of sp³-hybridized carbons (Fsp3) is 0.364. The molecule has 0 aliphatic rings. The minimum Gasteiger partial charge on any atom is -0.382 e. The van der Waals surface area contributed by atoms with Crippen molar-refractivity contribution < 1.29 is 4.52 Å². The molecular weight excluding hydrogens is 218 g/mol. The summed E-state index contributed by atoms with van der Waals surface area (Å²) in [5, 5.41) is 7.15. The molecule has 0 aliphatic heterocycles. The van der Waals surface area contributed by atoms with Crippen LogP contribution in [0.1, 0.15) is 30.0 Å². The smallest absolute Gasteiger partial charge is 0.145 e. The van der Waals surface area contributed by atoms with Crippen LogP contribution in [0.5, 0.6) is 0 Å². The van der Waals surface area contributed by atoms with Gasteiger partial charge in [-0.3, -0.25) is 0 Å². The summed E-state index contributed by atoms with van der Waals surface area (Å²) in [6, 6.07) is 0.0548. The van der Waals surface area contributed by atoms with Crippen molar-refractivity contribution in [3.05, 3.63) is 29.4 Å². The summed E-state index contributed by atoms with van der Waals surface area (Å²) in [6.07, 6.45) is 3.12. The summed E-state index contributed by atoms with van der Waals surface area (Å²) in [5.41, 5.74) is 7.40. The summed E-state index contributed by atoms with van der Waals surface area (Å²) in [7, 11) is 0. The Hall–Kier alpha value is -2.11. The van der Waals surface area contributed by atoms with E-state index in [1.54, 1.807) is 6.20 Å². The first-order chi connectivity index (χ1) is 8.08. The van der Waals surface area contributed by atoms with Crippen molar-refractivity contribution in [2.75, 3.05) is 11.1 Å². The number of hydrogen-bond donors (Lipinski definition) is 2. The standard InChI is InChI=1S/C11H15N5O/c1-6(11-7(2)16-17-8(11)3)15-10-5-13-9(12)4-14-10/h4-6H,1-3H3,(H2,12,13)(H,14,15). The van der Waals surface area contributed by atoms with Gasteiger partial charge in [0.15, 0.2) is 0 Å². The Morgan fingerprint density at radius 1 is 1.29 bits per heavy atom. The van der Waals surface area contributed by atoms with Gasteiger partial charge in [-0.15, -0.1) is 0 Å². The van der Waals surface area contributed by atoms with E-state index in [9.17, 15) is 0 Å². The van der Waals surface area contributed by atoms with Crippen LogP contribution in [0, 0.1) is 13.8 Å². The molecule has 1 unspecified atom stereocenters. The molecule has 3 N–H and O–H groups in total. The zero-order chi connectivity index (χ0) is 12.4. The summed E-state index contributed by atoms with van der Waals surface area (Å²) < 4.78 is 5.13. The lowest BCUT2D eigenvalue weighted by molar-refractivity contribution is 0.392. The molecule has 2 heterocycles. The van der Waals surface area contributed by atoms with Crippen molar-refractivity contribution in [3.8, 4) is 0 Å². The minimum absolute atomic E-state index is 0.0548. The van der Waals surface area contributed by atoms with Gasteiger partial charge in [0.1, 0.15) is 17.4 Å². The fourth-order valence-electron chi connectivity index (χ4n) is 1.81. The average molecular weight is 233 g/mol. The van der Waals surface area contributed by atoms with Crippen LogP contribution in [-0.4, -0.2) is 15.1 Å². The molecule has 17 heavy (non-hydrogen) atoms. The Labute approximate surface area is 99.2 Å². The first-order valence-corrected chi connectivity index (χ1v) is 5.34. The lowest BCUT2D eigenvalue weighted by atomic mass is 10.1. The molecule has 0 fully saturated rings. The highest BCUT2D eigenvalue weighted by atomic mass is 16.5. The Morgan fingerprint density at radius 2 is 2.06 bits per heavy atom. The van der Waals surface area contributed by atoms with Crippen LogP contribution in [0.25, 0.3) is 0 Å². The van der Waals surface area contributed by atoms with Crippen molar-refractivity contribution in [3.63, 3.8) is 0 Å². The molecule has 6 heteroatoms. The number of hydrogen-bond acceptors (Lipinski definition) is 6. The maximum Gasteiger partial charge on any atom is 0.145 e. The zero-order valence-electron chi connectivity index (χ0n) is 10.1. The van der Waals surface area contributed by atoms with Gasteiger partial charge < -0.3 is 15.6 Å². The van der Waals surface area contributed by atoms with Gasteiger partial charge in [-0.1, -0.05) is 5.16 Å². The molecule has 0 radical (unpaired) electrons. The predicted octanol–water partition coefficient (Wildman–Crippen LogP) is 1.84. The first-order valence-electron chi connectivity index (χ1n) is 5.34. The van der Waals surface area contributed by atoms with Crippen molar-refractivity contribution in [2.24, 2.45) is 0 Å². The highest BCUT2D eigenvalue weighted by Crippen LogP contribution is 2.23. The van der Waals surface area contributed by atoms with Gasteiger partial charge in [0.2, 0.25) is 0 Å². The first kappa shape index (κ1) is 11.4. The molecule has 2 rings (SSSR count). The van der Waals surface area contributed by atoms with Crippen LogP contribution in [0.4, 0.5) is 11.6 Å². The maximum atomic E-state index is 5.47. The number of rotatable bonds is 3. The minimum atomic E-state index is 0.0548. The molecule has 0 bridgehead atoms. The second-order valence-electron chi connectivity index (χ2n) is 3.93. The van der Waals surface area contributed by atoms with Crippen molar-refractivity contribution in [2.45, 2.75) is 26.8 Å². The van der Waals surface area contributed by atoms with Crippen LogP contribution < -0.4 is 11.1 Å². The Morgan fingerprint density at radius 3 is 2.59 bits per heavy atom. The van der Waals surface area contributed by atoms with Gasteiger partial charge in [0, 0.05) is 5.56 Å². The molecule has 0 spiro atoms. The van der Waals surface area contributed by atoms with Crippen LogP contribution in [0.3, 0.4) is 0 Å². The van der Waals surface area contributed by atoms with Crippen LogP contribution >= 0.6 is 0 Å². The third kappa shape index (κ3) is 2.35. The Kier molecular flexibility index (Phi) is 2.95. The van der Waals surface area contributed by atoms with E-state index in [1.807, 2.05) is 20.8 Å². The third-order valence-electron chi connectivity index (χ3n) is 2.56. The van der Waals surface area contributed by atoms with Gasteiger partial charge in [-0.25, -0.2) is 9.97 Å². The monoisotopic (exact) mass is 233 g/mol. The SMILES string of the molecule is Cc1noc(C)c1C(C)Nc1cnc(N)cn1. The number of nitrogens with zero attached hydrogens (tertiary/aromatic N) is 3. The number of nitrogens with two attached hydrogens (primary N) is 1. The fourth-order valence-corrected chi connectivity index (χ4v) is 1.81. The zero-order valence-corrected chi connectivity index (χ0v) is 10.1. The Bertz CT molecular complexity index is 486. The van der Waals surface area contributed by atoms with Gasteiger partial charge in [-0.2, -0.15) is 0 Å². The largest absolute Gasteiger partial charge is 0.382 e. The summed E-state index contributed by atoms with van der Waals surface area (Å²) >= 11 is 0. The molecular formula is C11H15N5O. The predicted molar refractivity (Wildman–Crippen MR) is 64.5 cm³/mol. The topological polar surface area (TPSA) is 89.9 Å². The highest BCUT2D eigenvalue weighted by molar-refractivity contribution is 5.40. The number of aryl methyl sites for hydroxylation is 2. The number of nitrogen functional groups attached to an aromatic ring is 1. The molecule has 2 aromatic rings. The van der Waals surface area contributed by atoms with Crippen molar-refractivity contribution >= 4 is 11.6 Å². The van der Waals surface area contributed by atoms with E-state index in [0.29, 0.717) is 11.6 Å². The lowest BCUT2D eigenvalue weighted by Gasteiger charge is -2.13. The molecule has 0 amide bonds. The van der Waals surface area contributed by atoms with E-state index in [2.05, 4.69) is 20.4 Å². The van der Waals surface area contributed by atoms with Crippen LogP contribution in [0.2, 0.25) is 0 Å². The normalized spacial score (nSPS) is 12.4. The second-order valence-corrected chi connectivity index (χ2v) is 3.93. The summed E-state index contributed by atoms with van der Waals surface area (Å²) in [5.74, 6) is 1.89. The average Bonchev–Trinajstić information content (AvgIpc) is 2.62. The van der Waals surface area contributed by atoms with E-state index >= 15 is 0 Å². The van der Waals surface area contributed by atoms with Crippen molar-refractivity contribution in [1.29, 1.82) is 0 Å². The van der Waals surface area contributed by atoms with E-state index in [-0.39, 0.29) is 6.04 Å². The van der Waals surface area contributed by atoms with Gasteiger partial charge >= 0.3 is 0 Å². The lowest BCUT2D eigenvalue weighted by Crippen LogP contribution is -2.10.